The Balaban J connectivity index is 1.85. The zero-order valence-corrected chi connectivity index (χ0v) is 15.2. The summed E-state index contributed by atoms with van der Waals surface area (Å²) in [5.41, 5.74) is 10.1. The number of carbonyl (C=O) groups is 1. The molecule has 0 spiro atoms. The van der Waals surface area contributed by atoms with Crippen LogP contribution in [0.5, 0.6) is 0 Å². The Morgan fingerprint density at radius 3 is 2.19 bits per heavy atom. The highest BCUT2D eigenvalue weighted by molar-refractivity contribution is 5.74. The molecule has 0 aromatic heterocycles. The van der Waals surface area contributed by atoms with E-state index in [9.17, 15) is 9.90 Å². The number of hydrogen-bond donors (Lipinski definition) is 5. The fourth-order valence-electron chi connectivity index (χ4n) is 3.71. The number of carboxylic acids is 1. The molecule has 142 valence electrons. The summed E-state index contributed by atoms with van der Waals surface area (Å²) in [6.45, 7) is 0.485. The van der Waals surface area contributed by atoms with Crippen molar-refractivity contribution < 1.29 is 9.90 Å². The number of nitrogens with one attached hydrogen (secondary N) is 3. The highest BCUT2D eigenvalue weighted by atomic mass is 16.4. The summed E-state index contributed by atoms with van der Waals surface area (Å²) < 4.78 is 0. The maximum Gasteiger partial charge on any atom is 0.320 e. The summed E-state index contributed by atoms with van der Waals surface area (Å²) in [5, 5.41) is 23.0. The van der Waals surface area contributed by atoms with Gasteiger partial charge in [-0.25, -0.2) is 0 Å². The first-order valence-corrected chi connectivity index (χ1v) is 9.28. The second-order valence-corrected chi connectivity index (χ2v) is 6.87. The van der Waals surface area contributed by atoms with E-state index < -0.39 is 12.0 Å². The van der Waals surface area contributed by atoms with Crippen molar-refractivity contribution in [2.45, 2.75) is 37.8 Å². The molecule has 0 unspecified atom stereocenters. The van der Waals surface area contributed by atoms with Gasteiger partial charge in [0.05, 0.1) is 6.04 Å². The molecule has 0 fully saturated rings. The van der Waals surface area contributed by atoms with Crippen molar-refractivity contribution in [3.05, 3.63) is 70.8 Å². The molecule has 1 atom stereocenters. The standard InChI is InChI=1S/C21H26N4O2/c22-21(23)24-13-5-10-18(20(26)27)25-19-16-8-3-1-6-14(16)11-12-15-7-2-4-9-17(15)19/h1-4,6-9,18-19,25H,5,10-13H2,(H,26,27)(H4,22,23,24)/t18-/m0/s1. The molecular weight excluding hydrogens is 340 g/mol. The number of benzene rings is 2. The van der Waals surface area contributed by atoms with Crippen molar-refractivity contribution in [3.8, 4) is 0 Å². The normalized spacial score (nSPS) is 14.5. The smallest absolute Gasteiger partial charge is 0.320 e. The number of carboxylic acid groups (broad SMARTS) is 1. The second-order valence-electron chi connectivity index (χ2n) is 6.87. The quantitative estimate of drug-likeness (QED) is 0.293. The summed E-state index contributed by atoms with van der Waals surface area (Å²) in [7, 11) is 0. The van der Waals surface area contributed by atoms with Gasteiger partial charge in [-0.15, -0.1) is 0 Å². The molecule has 6 nitrogen and oxygen atoms in total. The minimum atomic E-state index is -0.864. The van der Waals surface area contributed by atoms with Gasteiger partial charge in [0.1, 0.15) is 6.04 Å². The van der Waals surface area contributed by atoms with Crippen molar-refractivity contribution >= 4 is 11.9 Å². The van der Waals surface area contributed by atoms with E-state index in [1.165, 1.54) is 11.1 Å². The van der Waals surface area contributed by atoms with Gasteiger partial charge in [-0.1, -0.05) is 48.5 Å². The number of guanidine groups is 1. The monoisotopic (exact) mass is 366 g/mol. The number of aryl methyl sites for hydroxylation is 2. The van der Waals surface area contributed by atoms with Crippen molar-refractivity contribution in [1.29, 1.82) is 5.41 Å². The molecule has 6 N–H and O–H groups in total. The Hall–Kier alpha value is -2.86. The molecule has 2 aromatic rings. The minimum Gasteiger partial charge on any atom is -0.480 e. The molecule has 0 radical (unpaired) electrons. The third-order valence-corrected chi connectivity index (χ3v) is 5.05. The molecule has 1 aliphatic carbocycles. The van der Waals surface area contributed by atoms with Crippen LogP contribution < -0.4 is 16.4 Å². The number of rotatable bonds is 7. The van der Waals surface area contributed by atoms with Crippen LogP contribution in [-0.4, -0.2) is 29.6 Å². The van der Waals surface area contributed by atoms with Gasteiger partial charge in [0.2, 0.25) is 0 Å². The van der Waals surface area contributed by atoms with Crippen molar-refractivity contribution in [2.75, 3.05) is 6.54 Å². The van der Waals surface area contributed by atoms with Gasteiger partial charge >= 0.3 is 5.97 Å². The lowest BCUT2D eigenvalue weighted by Gasteiger charge is -2.26. The van der Waals surface area contributed by atoms with Crippen molar-refractivity contribution in [1.82, 2.24) is 10.6 Å². The van der Waals surface area contributed by atoms with E-state index >= 15 is 0 Å². The molecule has 0 aliphatic heterocycles. The Morgan fingerprint density at radius 2 is 1.67 bits per heavy atom. The molecule has 0 amide bonds. The van der Waals surface area contributed by atoms with Crippen LogP contribution in [0.1, 0.15) is 41.1 Å². The lowest BCUT2D eigenvalue weighted by molar-refractivity contribution is -0.139. The van der Waals surface area contributed by atoms with Crippen LogP contribution in [0, 0.1) is 5.41 Å². The van der Waals surface area contributed by atoms with Gasteiger partial charge in [0, 0.05) is 6.54 Å². The summed E-state index contributed by atoms with van der Waals surface area (Å²) in [4.78, 5) is 11.9. The average Bonchev–Trinajstić information content (AvgIpc) is 2.81. The van der Waals surface area contributed by atoms with Crippen LogP contribution in [0.4, 0.5) is 0 Å². The summed E-state index contributed by atoms with van der Waals surface area (Å²) in [6, 6.07) is 15.7. The molecule has 6 heteroatoms. The first kappa shape index (κ1) is 18.9. The Kier molecular flexibility index (Phi) is 6.08. The molecule has 0 heterocycles. The molecule has 0 bridgehead atoms. The van der Waals surface area contributed by atoms with E-state index in [1.807, 2.05) is 24.3 Å². The van der Waals surface area contributed by atoms with Crippen LogP contribution in [0.2, 0.25) is 0 Å². The fourth-order valence-corrected chi connectivity index (χ4v) is 3.71. The van der Waals surface area contributed by atoms with Crippen LogP contribution in [-0.2, 0) is 17.6 Å². The largest absolute Gasteiger partial charge is 0.480 e. The van der Waals surface area contributed by atoms with Crippen LogP contribution in [0.15, 0.2) is 48.5 Å². The van der Waals surface area contributed by atoms with E-state index in [0.29, 0.717) is 19.4 Å². The summed E-state index contributed by atoms with van der Waals surface area (Å²) in [5.74, 6) is -0.960. The average molecular weight is 366 g/mol. The summed E-state index contributed by atoms with van der Waals surface area (Å²) in [6.07, 6.45) is 2.97. The van der Waals surface area contributed by atoms with Crippen LogP contribution in [0.3, 0.4) is 0 Å². The highest BCUT2D eigenvalue weighted by Gasteiger charge is 2.28. The van der Waals surface area contributed by atoms with E-state index in [-0.39, 0.29) is 12.0 Å². The molecule has 2 aromatic carbocycles. The fraction of sp³-hybridized carbons (Fsp3) is 0.333. The maximum atomic E-state index is 11.9. The van der Waals surface area contributed by atoms with Gasteiger partial charge in [-0.2, -0.15) is 0 Å². The zero-order valence-electron chi connectivity index (χ0n) is 15.2. The molecule has 0 saturated carbocycles. The van der Waals surface area contributed by atoms with E-state index in [2.05, 4.69) is 34.9 Å². The van der Waals surface area contributed by atoms with E-state index in [0.717, 1.165) is 24.0 Å². The number of aliphatic carboxylic acids is 1. The summed E-state index contributed by atoms with van der Waals surface area (Å²) >= 11 is 0. The minimum absolute atomic E-state index is 0.0959. The third kappa shape index (κ3) is 4.65. The lowest BCUT2D eigenvalue weighted by Crippen LogP contribution is -2.40. The topological polar surface area (TPSA) is 111 Å². The van der Waals surface area contributed by atoms with Gasteiger partial charge in [-0.3, -0.25) is 15.5 Å². The molecule has 1 aliphatic rings. The Labute approximate surface area is 159 Å². The first-order chi connectivity index (χ1) is 13.1. The predicted molar refractivity (Wildman–Crippen MR) is 106 cm³/mol. The van der Waals surface area contributed by atoms with Gasteiger partial charge in [0.15, 0.2) is 5.96 Å². The van der Waals surface area contributed by atoms with Crippen LogP contribution >= 0.6 is 0 Å². The Bertz CT molecular complexity index is 774. The van der Waals surface area contributed by atoms with E-state index in [1.54, 1.807) is 0 Å². The van der Waals surface area contributed by atoms with Crippen molar-refractivity contribution in [2.24, 2.45) is 5.73 Å². The zero-order chi connectivity index (χ0) is 19.2. The Morgan fingerprint density at radius 1 is 1.11 bits per heavy atom. The molecular formula is C21H26N4O2. The van der Waals surface area contributed by atoms with E-state index in [4.69, 9.17) is 11.1 Å². The van der Waals surface area contributed by atoms with Crippen LogP contribution in [0.25, 0.3) is 0 Å². The lowest BCUT2D eigenvalue weighted by atomic mass is 9.93. The highest BCUT2D eigenvalue weighted by Crippen LogP contribution is 2.33. The number of nitrogens with two attached hydrogens (primary N) is 1. The number of fused-ring (bicyclic) bond motifs is 2. The van der Waals surface area contributed by atoms with Gasteiger partial charge in [0.25, 0.3) is 0 Å². The third-order valence-electron chi connectivity index (χ3n) is 5.05. The maximum absolute atomic E-state index is 11.9. The molecule has 0 saturated heterocycles. The predicted octanol–water partition coefficient (Wildman–Crippen LogP) is 2.18. The first-order valence-electron chi connectivity index (χ1n) is 9.28. The number of hydrogen-bond acceptors (Lipinski definition) is 3. The molecule has 27 heavy (non-hydrogen) atoms. The molecule has 3 rings (SSSR count). The van der Waals surface area contributed by atoms with Gasteiger partial charge in [-0.05, 0) is 47.9 Å². The second kappa shape index (κ2) is 8.68. The SMILES string of the molecule is N=C(N)NCCC[C@H](NC1c2ccccc2CCc2ccccc21)C(=O)O. The van der Waals surface area contributed by atoms with Gasteiger partial charge < -0.3 is 16.2 Å². The van der Waals surface area contributed by atoms with Crippen molar-refractivity contribution in [3.63, 3.8) is 0 Å².